The molecule has 5 aromatic carbocycles. The lowest BCUT2D eigenvalue weighted by Gasteiger charge is -2.28. The number of anilines is 6. The Bertz CT molecular complexity index is 1980. The molecule has 7 aromatic rings. The molecular weight excluding hydrogens is 536 g/mol. The van der Waals surface area contributed by atoms with Crippen molar-refractivity contribution >= 4 is 44.9 Å². The van der Waals surface area contributed by atoms with E-state index in [2.05, 4.69) is 143 Å². The molecule has 0 unspecified atom stereocenters. The molecule has 7 rings (SSSR count). The van der Waals surface area contributed by atoms with E-state index >= 15 is 0 Å². The van der Waals surface area contributed by atoms with Crippen LogP contribution in [0.15, 0.2) is 158 Å². The van der Waals surface area contributed by atoms with Crippen LogP contribution < -0.4 is 9.80 Å². The van der Waals surface area contributed by atoms with E-state index in [0.717, 1.165) is 34.1 Å². The number of aromatic nitrogens is 2. The van der Waals surface area contributed by atoms with Crippen molar-refractivity contribution in [2.45, 2.75) is 13.8 Å². The predicted molar refractivity (Wildman–Crippen MR) is 184 cm³/mol. The van der Waals surface area contributed by atoms with Crippen LogP contribution in [0.25, 0.3) is 21.9 Å². The van der Waals surface area contributed by atoms with Gasteiger partial charge in [-0.1, -0.05) is 60.7 Å². The first-order chi connectivity index (χ1) is 21.7. The molecule has 212 valence electrons. The van der Waals surface area contributed by atoms with Gasteiger partial charge >= 0.3 is 0 Å². The first-order valence-electron chi connectivity index (χ1n) is 14.8. The number of hydrogen-bond acceptors (Lipinski definition) is 4. The van der Waals surface area contributed by atoms with Crippen LogP contribution in [0.4, 0.5) is 34.1 Å². The smallest absolute Gasteiger partial charge is 0.0492 e. The van der Waals surface area contributed by atoms with Crippen molar-refractivity contribution in [3.8, 4) is 11.1 Å². The van der Waals surface area contributed by atoms with E-state index in [-0.39, 0.29) is 0 Å². The predicted octanol–water partition coefficient (Wildman–Crippen LogP) is 10.9. The van der Waals surface area contributed by atoms with E-state index in [0.29, 0.717) is 0 Å². The minimum absolute atomic E-state index is 1.03. The van der Waals surface area contributed by atoms with Crippen molar-refractivity contribution in [1.82, 2.24) is 9.97 Å². The third-order valence-corrected chi connectivity index (χ3v) is 8.19. The second-order valence-corrected chi connectivity index (χ2v) is 10.9. The van der Waals surface area contributed by atoms with Gasteiger partial charge in [0, 0.05) is 58.9 Å². The Balaban J connectivity index is 1.33. The fourth-order valence-electron chi connectivity index (χ4n) is 5.97. The van der Waals surface area contributed by atoms with E-state index < -0.39 is 0 Å². The van der Waals surface area contributed by atoms with Gasteiger partial charge in [-0.2, -0.15) is 0 Å². The third-order valence-electron chi connectivity index (χ3n) is 8.19. The summed E-state index contributed by atoms with van der Waals surface area (Å²) in [6.07, 6.45) is 7.28. The molecule has 0 saturated heterocycles. The molecule has 4 nitrogen and oxygen atoms in total. The van der Waals surface area contributed by atoms with Crippen LogP contribution in [0.2, 0.25) is 0 Å². The van der Waals surface area contributed by atoms with Gasteiger partial charge in [0.25, 0.3) is 0 Å². The van der Waals surface area contributed by atoms with E-state index in [1.165, 1.54) is 33.0 Å². The molecule has 2 aromatic heterocycles. The van der Waals surface area contributed by atoms with Crippen molar-refractivity contribution in [3.05, 3.63) is 169 Å². The van der Waals surface area contributed by atoms with Crippen LogP contribution in [0.1, 0.15) is 11.1 Å². The van der Waals surface area contributed by atoms with E-state index in [9.17, 15) is 0 Å². The number of aryl methyl sites for hydroxylation is 2. The molecule has 0 saturated carbocycles. The number of nitrogens with zero attached hydrogens (tertiary/aromatic N) is 4. The summed E-state index contributed by atoms with van der Waals surface area (Å²) in [6, 6.07) is 47.3. The van der Waals surface area contributed by atoms with Crippen LogP contribution in [0, 0.1) is 13.8 Å². The summed E-state index contributed by atoms with van der Waals surface area (Å²) in [5.41, 5.74) is 11.5. The molecule has 0 aliphatic heterocycles. The summed E-state index contributed by atoms with van der Waals surface area (Å²) in [6.45, 7) is 4.43. The van der Waals surface area contributed by atoms with Crippen LogP contribution in [-0.2, 0) is 0 Å². The van der Waals surface area contributed by atoms with Crippen molar-refractivity contribution in [3.63, 3.8) is 0 Å². The fraction of sp³-hybridized carbons (Fsp3) is 0.0500. The zero-order chi connectivity index (χ0) is 29.9. The maximum Gasteiger partial charge on any atom is 0.0492 e. The Labute approximate surface area is 258 Å². The molecule has 4 heteroatoms. The first kappa shape index (κ1) is 27.1. The fourth-order valence-corrected chi connectivity index (χ4v) is 5.97. The summed E-state index contributed by atoms with van der Waals surface area (Å²) in [7, 11) is 0. The zero-order valence-electron chi connectivity index (χ0n) is 24.8. The van der Waals surface area contributed by atoms with Crippen LogP contribution in [0.5, 0.6) is 0 Å². The molecule has 0 aliphatic rings. The maximum atomic E-state index is 4.23. The monoisotopic (exact) mass is 568 g/mol. The number of para-hydroxylation sites is 1. The van der Waals surface area contributed by atoms with Crippen LogP contribution in [-0.4, -0.2) is 9.97 Å². The Kier molecular flexibility index (Phi) is 7.31. The molecule has 44 heavy (non-hydrogen) atoms. The Morgan fingerprint density at radius 3 is 1.55 bits per heavy atom. The zero-order valence-corrected chi connectivity index (χ0v) is 24.8. The third kappa shape index (κ3) is 5.18. The van der Waals surface area contributed by atoms with Gasteiger partial charge in [-0.15, -0.1) is 0 Å². The Hall–Kier alpha value is -5.74. The van der Waals surface area contributed by atoms with Crippen molar-refractivity contribution < 1.29 is 0 Å². The average Bonchev–Trinajstić information content (AvgIpc) is 3.08. The van der Waals surface area contributed by atoms with Gasteiger partial charge < -0.3 is 9.80 Å². The molecule has 0 spiro atoms. The quantitative estimate of drug-likeness (QED) is 0.191. The van der Waals surface area contributed by atoms with Gasteiger partial charge in [0.2, 0.25) is 0 Å². The molecule has 0 radical (unpaired) electrons. The molecule has 0 aliphatic carbocycles. The topological polar surface area (TPSA) is 32.3 Å². The lowest BCUT2D eigenvalue weighted by Crippen LogP contribution is -2.12. The summed E-state index contributed by atoms with van der Waals surface area (Å²) in [4.78, 5) is 13.0. The number of hydrogen-bond donors (Lipinski definition) is 0. The van der Waals surface area contributed by atoms with Gasteiger partial charge in [-0.05, 0) is 120 Å². The van der Waals surface area contributed by atoms with E-state index in [4.69, 9.17) is 0 Å². The van der Waals surface area contributed by atoms with Crippen molar-refractivity contribution in [2.24, 2.45) is 0 Å². The second-order valence-electron chi connectivity index (χ2n) is 10.9. The van der Waals surface area contributed by atoms with Gasteiger partial charge in [0.1, 0.15) is 0 Å². The van der Waals surface area contributed by atoms with Crippen molar-refractivity contribution in [2.75, 3.05) is 9.80 Å². The number of fused-ring (bicyclic) bond motifs is 1. The van der Waals surface area contributed by atoms with Crippen LogP contribution >= 0.6 is 0 Å². The number of benzene rings is 5. The lowest BCUT2D eigenvalue weighted by atomic mass is 9.92. The highest BCUT2D eigenvalue weighted by atomic mass is 15.2. The molecule has 0 fully saturated rings. The molecule has 0 bridgehead atoms. The molecule has 0 atom stereocenters. The molecule has 0 N–H and O–H groups in total. The Morgan fingerprint density at radius 1 is 0.409 bits per heavy atom. The number of pyridine rings is 2. The van der Waals surface area contributed by atoms with Crippen molar-refractivity contribution in [1.29, 1.82) is 0 Å². The second kappa shape index (κ2) is 11.9. The number of rotatable bonds is 7. The summed E-state index contributed by atoms with van der Waals surface area (Å²) >= 11 is 0. The van der Waals surface area contributed by atoms with Gasteiger partial charge in [-0.3, -0.25) is 9.97 Å². The summed E-state index contributed by atoms with van der Waals surface area (Å²) in [5, 5.41) is 2.55. The van der Waals surface area contributed by atoms with Gasteiger partial charge in [0.15, 0.2) is 0 Å². The molecule has 2 heterocycles. The SMILES string of the molecule is Cc1ccc(N(c2ccccc2)c2ccc(N(c3ccncc3)c3ccncc3)cc2)cc1-c1ccc2ccccc2c1C. The average molecular weight is 569 g/mol. The minimum atomic E-state index is 1.03. The van der Waals surface area contributed by atoms with E-state index in [1.807, 2.05) is 49.1 Å². The highest BCUT2D eigenvalue weighted by Crippen LogP contribution is 2.41. The first-order valence-corrected chi connectivity index (χ1v) is 14.8. The Morgan fingerprint density at radius 2 is 0.909 bits per heavy atom. The summed E-state index contributed by atoms with van der Waals surface area (Å²) in [5.74, 6) is 0. The highest BCUT2D eigenvalue weighted by Gasteiger charge is 2.17. The minimum Gasteiger partial charge on any atom is -0.310 e. The van der Waals surface area contributed by atoms with Crippen LogP contribution in [0.3, 0.4) is 0 Å². The highest BCUT2D eigenvalue weighted by molar-refractivity contribution is 5.93. The molecular formula is C40H32N4. The summed E-state index contributed by atoms with van der Waals surface area (Å²) < 4.78 is 0. The van der Waals surface area contributed by atoms with E-state index in [1.54, 1.807) is 0 Å². The van der Waals surface area contributed by atoms with Gasteiger partial charge in [-0.25, -0.2) is 0 Å². The lowest BCUT2D eigenvalue weighted by molar-refractivity contribution is 1.21. The largest absolute Gasteiger partial charge is 0.310 e. The van der Waals surface area contributed by atoms with Gasteiger partial charge in [0.05, 0.1) is 0 Å². The normalized spacial score (nSPS) is 11.0. The maximum absolute atomic E-state index is 4.23. The molecule has 0 amide bonds. The standard InChI is InChI=1S/C40H32N4/c1-29-12-14-37(28-40(29)39-19-13-31-8-6-7-11-38(31)30(39)2)44(32-9-4-3-5-10-32)34-17-15-33(16-18-34)43(35-20-24-41-25-21-35)36-22-26-42-27-23-36/h3-28H,1-2H3.